The summed E-state index contributed by atoms with van der Waals surface area (Å²) in [6, 6.07) is 0. The summed E-state index contributed by atoms with van der Waals surface area (Å²) in [6.07, 6.45) is 12.2. The number of hydrogen-bond acceptors (Lipinski definition) is 4. The van der Waals surface area contributed by atoms with Gasteiger partial charge in [0.05, 0.1) is 12.2 Å². The highest BCUT2D eigenvalue weighted by Crippen LogP contribution is 2.43. The minimum absolute atomic E-state index is 0.00756. The fraction of sp³-hybridized carbons (Fsp3) is 0.893. The second kappa shape index (κ2) is 12.0. The predicted octanol–water partition coefficient (Wildman–Crippen LogP) is 7.82. The van der Waals surface area contributed by atoms with E-state index < -0.39 is 8.32 Å². The molecule has 4 nitrogen and oxygen atoms in total. The third-order valence-electron chi connectivity index (χ3n) is 8.39. The molecule has 2 fully saturated rings. The van der Waals surface area contributed by atoms with Gasteiger partial charge in [-0.1, -0.05) is 46.3 Å². The fourth-order valence-electron chi connectivity index (χ4n) is 4.77. The molecule has 0 radical (unpaired) electrons. The number of Topliss-reactive ketones (excluding diaryl/α,β-unsaturated/α-hetero) is 1. The third-order valence-corrected chi connectivity index (χ3v) is 12.9. The van der Waals surface area contributed by atoms with Gasteiger partial charge in [0.2, 0.25) is 0 Å². The molecule has 1 spiro atoms. The molecule has 0 bridgehead atoms. The maximum atomic E-state index is 11.5. The van der Waals surface area contributed by atoms with Crippen LogP contribution in [0.25, 0.3) is 0 Å². The Bertz CT molecular complexity index is 665. The topological polar surface area (TPSA) is 44.8 Å². The molecule has 0 saturated carbocycles. The van der Waals surface area contributed by atoms with Gasteiger partial charge in [0.15, 0.2) is 14.1 Å². The van der Waals surface area contributed by atoms with Crippen LogP contribution in [0.15, 0.2) is 11.6 Å². The Morgan fingerprint density at radius 2 is 1.85 bits per heavy atom. The molecular formula is C28H52O4Si. The highest BCUT2D eigenvalue weighted by Gasteiger charge is 2.44. The molecular weight excluding hydrogens is 428 g/mol. The molecule has 2 heterocycles. The summed E-state index contributed by atoms with van der Waals surface area (Å²) >= 11 is 0. The fourth-order valence-corrected chi connectivity index (χ4v) is 5.85. The maximum Gasteiger partial charge on any atom is 0.191 e. The van der Waals surface area contributed by atoms with E-state index in [9.17, 15) is 4.79 Å². The predicted molar refractivity (Wildman–Crippen MR) is 140 cm³/mol. The lowest BCUT2D eigenvalue weighted by Crippen LogP contribution is -2.50. The van der Waals surface area contributed by atoms with Gasteiger partial charge in [-0.2, -0.15) is 0 Å². The van der Waals surface area contributed by atoms with Crippen molar-refractivity contribution in [3.05, 3.63) is 11.6 Å². The number of rotatable bonds is 10. The molecule has 2 aliphatic rings. The van der Waals surface area contributed by atoms with Crippen molar-refractivity contribution >= 4 is 14.1 Å². The van der Waals surface area contributed by atoms with Crippen LogP contribution in [0.3, 0.4) is 0 Å². The lowest BCUT2D eigenvalue weighted by molar-refractivity contribution is -0.324. The van der Waals surface area contributed by atoms with Crippen LogP contribution in [0.2, 0.25) is 18.1 Å². The number of ketones is 1. The second-order valence-electron chi connectivity index (χ2n) is 12.4. The van der Waals surface area contributed by atoms with E-state index in [0.29, 0.717) is 5.92 Å². The summed E-state index contributed by atoms with van der Waals surface area (Å²) in [7, 11) is -1.68. The Morgan fingerprint density at radius 1 is 1.15 bits per heavy atom. The van der Waals surface area contributed by atoms with Crippen molar-refractivity contribution < 1.29 is 18.7 Å². The number of carbonyl (C=O) groups excluding carboxylic acids is 1. The van der Waals surface area contributed by atoms with Gasteiger partial charge in [0, 0.05) is 25.4 Å². The molecule has 2 saturated heterocycles. The highest BCUT2D eigenvalue weighted by atomic mass is 28.4. The molecule has 0 aliphatic carbocycles. The minimum atomic E-state index is -1.68. The summed E-state index contributed by atoms with van der Waals surface area (Å²) in [5.41, 5.74) is 1.29. The quantitative estimate of drug-likeness (QED) is 0.182. The van der Waals surface area contributed by atoms with Crippen LogP contribution in [-0.2, 0) is 18.7 Å². The molecule has 5 atom stereocenters. The number of allylic oxidation sites excluding steroid dienone is 2. The van der Waals surface area contributed by atoms with Crippen molar-refractivity contribution in [2.45, 2.75) is 142 Å². The van der Waals surface area contributed by atoms with E-state index >= 15 is 0 Å². The van der Waals surface area contributed by atoms with E-state index in [-0.39, 0.29) is 34.7 Å². The zero-order chi connectivity index (χ0) is 24.9. The average molecular weight is 481 g/mol. The van der Waals surface area contributed by atoms with E-state index in [0.717, 1.165) is 51.6 Å². The van der Waals surface area contributed by atoms with Gasteiger partial charge < -0.3 is 13.9 Å². The highest BCUT2D eigenvalue weighted by molar-refractivity contribution is 6.74. The largest absolute Gasteiger partial charge is 0.417 e. The van der Waals surface area contributed by atoms with Crippen LogP contribution >= 0.6 is 0 Å². The van der Waals surface area contributed by atoms with E-state index in [2.05, 4.69) is 53.8 Å². The Hall–Kier alpha value is -0.493. The summed E-state index contributed by atoms with van der Waals surface area (Å²) < 4.78 is 19.8. The van der Waals surface area contributed by atoms with E-state index in [4.69, 9.17) is 13.9 Å². The van der Waals surface area contributed by atoms with Crippen molar-refractivity contribution in [1.82, 2.24) is 0 Å². The first kappa shape index (κ1) is 28.7. The molecule has 192 valence electrons. The second-order valence-corrected chi connectivity index (χ2v) is 17.2. The molecule has 0 amide bonds. The van der Waals surface area contributed by atoms with Gasteiger partial charge in [-0.05, 0) is 82.8 Å². The standard InChI is InChI=1S/C28H52O4Si/c1-21(20-23(3)24(4)29)14-15-25-12-10-17-28(31-25)18-16-22(2)26(32-28)13-11-19-30-33(8,9)27(5,6)7/h20,22-23,25-26H,10-19H2,1-9H3/b21-20-/t22?,23?,25-,26+,28-/m0/s1. The summed E-state index contributed by atoms with van der Waals surface area (Å²) in [5, 5.41) is 0.258. The number of carbonyl (C=O) groups is 1. The van der Waals surface area contributed by atoms with Gasteiger partial charge >= 0.3 is 0 Å². The summed E-state index contributed by atoms with van der Waals surface area (Å²) in [5.74, 6) is 0.427. The van der Waals surface area contributed by atoms with Crippen LogP contribution in [0.4, 0.5) is 0 Å². The van der Waals surface area contributed by atoms with E-state index in [1.807, 2.05) is 6.92 Å². The van der Waals surface area contributed by atoms with Crippen molar-refractivity contribution in [2.75, 3.05) is 6.61 Å². The van der Waals surface area contributed by atoms with Crippen molar-refractivity contribution in [3.63, 3.8) is 0 Å². The first-order chi connectivity index (χ1) is 15.2. The molecule has 0 aromatic heterocycles. The zero-order valence-corrected chi connectivity index (χ0v) is 24.1. The lowest BCUT2D eigenvalue weighted by atomic mass is 9.85. The SMILES string of the molecule is CC(=O)C(C)/C=C(/C)CC[C@@H]1CCC[C@]2(CCC(C)[C@@H](CCCO[Si](C)(C)C(C)(C)C)O2)O1. The third kappa shape index (κ3) is 8.59. The normalized spacial score (nSPS) is 30.5. The van der Waals surface area contributed by atoms with Crippen molar-refractivity contribution in [1.29, 1.82) is 0 Å². The van der Waals surface area contributed by atoms with Gasteiger partial charge in [-0.25, -0.2) is 0 Å². The van der Waals surface area contributed by atoms with Crippen LogP contribution in [0, 0.1) is 11.8 Å². The number of hydrogen-bond donors (Lipinski definition) is 0. The molecule has 0 aromatic rings. The molecule has 5 heteroatoms. The molecule has 2 aliphatic heterocycles. The minimum Gasteiger partial charge on any atom is -0.417 e. The summed E-state index contributed by atoms with van der Waals surface area (Å²) in [6.45, 7) is 20.5. The lowest BCUT2D eigenvalue weighted by Gasteiger charge is -2.48. The first-order valence-electron chi connectivity index (χ1n) is 13.4. The average Bonchev–Trinajstić information content (AvgIpc) is 2.71. The van der Waals surface area contributed by atoms with Crippen LogP contribution in [-0.4, -0.2) is 38.7 Å². The van der Waals surface area contributed by atoms with Gasteiger partial charge in [-0.15, -0.1) is 0 Å². The Morgan fingerprint density at radius 3 is 2.48 bits per heavy atom. The Labute approximate surface area is 205 Å². The van der Waals surface area contributed by atoms with Crippen molar-refractivity contribution in [2.24, 2.45) is 11.8 Å². The maximum absolute atomic E-state index is 11.5. The summed E-state index contributed by atoms with van der Waals surface area (Å²) in [4.78, 5) is 11.5. The Balaban J connectivity index is 1.85. The monoisotopic (exact) mass is 480 g/mol. The van der Waals surface area contributed by atoms with Gasteiger partial charge in [0.25, 0.3) is 0 Å². The number of ether oxygens (including phenoxy) is 2. The molecule has 2 unspecified atom stereocenters. The van der Waals surface area contributed by atoms with Crippen LogP contribution in [0.5, 0.6) is 0 Å². The van der Waals surface area contributed by atoms with Crippen LogP contribution in [0.1, 0.15) is 106 Å². The molecule has 0 N–H and O–H groups in total. The van der Waals surface area contributed by atoms with Crippen molar-refractivity contribution in [3.8, 4) is 0 Å². The molecule has 33 heavy (non-hydrogen) atoms. The van der Waals surface area contributed by atoms with Crippen LogP contribution < -0.4 is 0 Å². The smallest absolute Gasteiger partial charge is 0.191 e. The van der Waals surface area contributed by atoms with Gasteiger partial charge in [-0.3, -0.25) is 4.79 Å². The van der Waals surface area contributed by atoms with E-state index in [1.165, 1.54) is 18.4 Å². The Kier molecular flexibility index (Phi) is 10.4. The molecule has 2 rings (SSSR count). The van der Waals surface area contributed by atoms with Gasteiger partial charge in [0.1, 0.15) is 5.78 Å². The molecule has 0 aromatic carbocycles. The first-order valence-corrected chi connectivity index (χ1v) is 16.3. The van der Waals surface area contributed by atoms with E-state index in [1.54, 1.807) is 6.92 Å². The zero-order valence-electron chi connectivity index (χ0n) is 23.1.